The Kier molecular flexibility index (Phi) is 3.71. The Hall–Kier alpha value is -1.76. The number of aryl methyl sites for hydroxylation is 1. The Bertz CT molecular complexity index is 456. The third kappa shape index (κ3) is 2.40. The van der Waals surface area contributed by atoms with Crippen molar-refractivity contribution >= 4 is 11.8 Å². The van der Waals surface area contributed by atoms with Crippen molar-refractivity contribution in [2.75, 3.05) is 7.05 Å². The number of amides is 2. The fourth-order valence-electron chi connectivity index (χ4n) is 1.95. The van der Waals surface area contributed by atoms with Gasteiger partial charge in [0.1, 0.15) is 12.2 Å². The predicted octanol–water partition coefficient (Wildman–Crippen LogP) is -0.465. The molecule has 1 aromatic heterocycles. The summed E-state index contributed by atoms with van der Waals surface area (Å²) >= 11 is 0. The first-order valence-electron chi connectivity index (χ1n) is 6.04. The number of imide groups is 1. The summed E-state index contributed by atoms with van der Waals surface area (Å²) in [7, 11) is 1.51. The molecular weight excluding hydrogens is 234 g/mol. The summed E-state index contributed by atoms with van der Waals surface area (Å²) in [6, 6.07) is -0.436. The van der Waals surface area contributed by atoms with E-state index in [0.29, 0.717) is 6.54 Å². The Morgan fingerprint density at radius 2 is 2.28 bits per heavy atom. The lowest BCUT2D eigenvalue weighted by Gasteiger charge is -2.11. The van der Waals surface area contributed by atoms with Crippen LogP contribution in [0.3, 0.4) is 0 Å². The van der Waals surface area contributed by atoms with Crippen molar-refractivity contribution in [3.05, 3.63) is 12.2 Å². The fraction of sp³-hybridized carbons (Fsp3) is 0.636. The SMILES string of the molecule is CCCn1ncnc1CNC1CC(=O)N(C)C1=O. The molecule has 2 amide bonds. The van der Waals surface area contributed by atoms with Crippen molar-refractivity contribution in [2.24, 2.45) is 0 Å². The Labute approximate surface area is 105 Å². The number of carbonyl (C=O) groups excluding carboxylic acids is 2. The monoisotopic (exact) mass is 251 g/mol. The maximum absolute atomic E-state index is 11.7. The number of hydrogen-bond donors (Lipinski definition) is 1. The molecule has 0 aromatic carbocycles. The van der Waals surface area contributed by atoms with Crippen LogP contribution in [0.2, 0.25) is 0 Å². The molecule has 7 heteroatoms. The highest BCUT2D eigenvalue weighted by Crippen LogP contribution is 2.11. The van der Waals surface area contributed by atoms with Gasteiger partial charge in [0.25, 0.3) is 0 Å². The fourth-order valence-corrected chi connectivity index (χ4v) is 1.95. The Balaban J connectivity index is 1.94. The minimum atomic E-state index is -0.436. The van der Waals surface area contributed by atoms with Crippen LogP contribution in [0.4, 0.5) is 0 Å². The van der Waals surface area contributed by atoms with Crippen LogP contribution in [-0.2, 0) is 22.7 Å². The molecule has 1 fully saturated rings. The highest BCUT2D eigenvalue weighted by molar-refractivity contribution is 6.05. The summed E-state index contributed by atoms with van der Waals surface area (Å²) in [5.74, 6) is 0.459. The normalized spacial score (nSPS) is 19.9. The third-order valence-corrected chi connectivity index (χ3v) is 3.02. The summed E-state index contributed by atoms with van der Waals surface area (Å²) in [4.78, 5) is 28.3. The van der Waals surface area contributed by atoms with E-state index >= 15 is 0 Å². The number of likely N-dealkylation sites (N-methyl/N-ethyl adjacent to an activating group) is 1. The summed E-state index contributed by atoms with van der Waals surface area (Å²) < 4.78 is 1.80. The van der Waals surface area contributed by atoms with Crippen LogP contribution in [0, 0.1) is 0 Å². The molecule has 1 saturated heterocycles. The maximum Gasteiger partial charge on any atom is 0.246 e. The lowest BCUT2D eigenvalue weighted by atomic mass is 10.2. The molecule has 0 radical (unpaired) electrons. The van der Waals surface area contributed by atoms with Gasteiger partial charge in [-0.15, -0.1) is 0 Å². The molecule has 98 valence electrons. The molecule has 1 aliphatic rings. The molecule has 0 aliphatic carbocycles. The van der Waals surface area contributed by atoms with Crippen LogP contribution in [0.5, 0.6) is 0 Å². The largest absolute Gasteiger partial charge is 0.298 e. The van der Waals surface area contributed by atoms with Gasteiger partial charge < -0.3 is 0 Å². The van der Waals surface area contributed by atoms with Gasteiger partial charge in [-0.25, -0.2) is 9.67 Å². The van der Waals surface area contributed by atoms with Gasteiger partial charge in [0, 0.05) is 13.6 Å². The smallest absolute Gasteiger partial charge is 0.246 e. The van der Waals surface area contributed by atoms with Gasteiger partial charge in [0.05, 0.1) is 19.0 Å². The first-order chi connectivity index (χ1) is 8.63. The lowest BCUT2D eigenvalue weighted by molar-refractivity contribution is -0.137. The number of hydrogen-bond acceptors (Lipinski definition) is 5. The maximum atomic E-state index is 11.7. The molecular formula is C11H17N5O2. The van der Waals surface area contributed by atoms with Gasteiger partial charge in [-0.05, 0) is 6.42 Å². The van der Waals surface area contributed by atoms with Crippen molar-refractivity contribution in [1.82, 2.24) is 25.0 Å². The number of rotatable bonds is 5. The zero-order valence-corrected chi connectivity index (χ0v) is 10.6. The van der Waals surface area contributed by atoms with E-state index in [2.05, 4.69) is 22.3 Å². The quantitative estimate of drug-likeness (QED) is 0.716. The summed E-state index contributed by atoms with van der Waals surface area (Å²) in [5.41, 5.74) is 0. The second kappa shape index (κ2) is 5.26. The van der Waals surface area contributed by atoms with Gasteiger partial charge in [0.15, 0.2) is 0 Å². The molecule has 18 heavy (non-hydrogen) atoms. The van der Waals surface area contributed by atoms with Crippen LogP contribution < -0.4 is 5.32 Å². The van der Waals surface area contributed by atoms with Gasteiger partial charge in [-0.2, -0.15) is 5.10 Å². The minimum absolute atomic E-state index is 0.146. The third-order valence-electron chi connectivity index (χ3n) is 3.02. The van der Waals surface area contributed by atoms with Crippen molar-refractivity contribution in [2.45, 2.75) is 38.9 Å². The average Bonchev–Trinajstić information content (AvgIpc) is 2.88. The number of nitrogens with zero attached hydrogens (tertiary/aromatic N) is 4. The molecule has 1 N–H and O–H groups in total. The van der Waals surface area contributed by atoms with Crippen LogP contribution in [0.1, 0.15) is 25.6 Å². The number of carbonyl (C=O) groups is 2. The van der Waals surface area contributed by atoms with Gasteiger partial charge >= 0.3 is 0 Å². The topological polar surface area (TPSA) is 80.1 Å². The van der Waals surface area contributed by atoms with Gasteiger partial charge in [-0.1, -0.05) is 6.92 Å². The molecule has 2 rings (SSSR count). The summed E-state index contributed by atoms with van der Waals surface area (Å²) in [6.45, 7) is 3.30. The summed E-state index contributed by atoms with van der Waals surface area (Å²) in [6.07, 6.45) is 2.69. The molecule has 1 atom stereocenters. The van der Waals surface area contributed by atoms with Crippen molar-refractivity contribution in [3.8, 4) is 0 Å². The highest BCUT2D eigenvalue weighted by atomic mass is 16.2. The zero-order valence-electron chi connectivity index (χ0n) is 10.6. The molecule has 1 unspecified atom stereocenters. The highest BCUT2D eigenvalue weighted by Gasteiger charge is 2.35. The molecule has 7 nitrogen and oxygen atoms in total. The van der Waals surface area contributed by atoms with Crippen LogP contribution in [0.15, 0.2) is 6.33 Å². The van der Waals surface area contributed by atoms with Crippen molar-refractivity contribution in [3.63, 3.8) is 0 Å². The molecule has 0 bridgehead atoms. The predicted molar refractivity (Wildman–Crippen MR) is 63.3 cm³/mol. The van der Waals surface area contributed by atoms with E-state index in [1.165, 1.54) is 13.4 Å². The van der Waals surface area contributed by atoms with E-state index < -0.39 is 6.04 Å². The van der Waals surface area contributed by atoms with E-state index in [-0.39, 0.29) is 18.2 Å². The number of nitrogens with one attached hydrogen (secondary N) is 1. The molecule has 1 aliphatic heterocycles. The van der Waals surface area contributed by atoms with Gasteiger partial charge in [0.2, 0.25) is 11.8 Å². The second-order valence-electron chi connectivity index (χ2n) is 4.33. The first-order valence-corrected chi connectivity index (χ1v) is 6.04. The van der Waals surface area contributed by atoms with Crippen LogP contribution >= 0.6 is 0 Å². The Morgan fingerprint density at radius 3 is 2.89 bits per heavy atom. The minimum Gasteiger partial charge on any atom is -0.298 e. The Morgan fingerprint density at radius 1 is 1.50 bits per heavy atom. The van der Waals surface area contributed by atoms with Crippen LogP contribution in [-0.4, -0.2) is 44.6 Å². The van der Waals surface area contributed by atoms with Crippen molar-refractivity contribution in [1.29, 1.82) is 0 Å². The number of likely N-dealkylation sites (tertiary alicyclic amines) is 1. The molecule has 0 spiro atoms. The second-order valence-corrected chi connectivity index (χ2v) is 4.33. The molecule has 1 aromatic rings. The zero-order chi connectivity index (χ0) is 13.1. The van der Waals surface area contributed by atoms with Crippen molar-refractivity contribution < 1.29 is 9.59 Å². The van der Waals surface area contributed by atoms with E-state index in [4.69, 9.17) is 0 Å². The standard InChI is InChI=1S/C11H17N5O2/c1-3-4-16-9(13-7-14-16)6-12-8-5-10(17)15(2)11(8)18/h7-8,12H,3-6H2,1-2H3. The molecule has 2 heterocycles. The van der Waals surface area contributed by atoms with E-state index in [0.717, 1.165) is 23.7 Å². The van der Waals surface area contributed by atoms with E-state index in [1.807, 2.05) is 0 Å². The average molecular weight is 251 g/mol. The first kappa shape index (κ1) is 12.7. The van der Waals surface area contributed by atoms with Gasteiger partial charge in [-0.3, -0.25) is 19.8 Å². The molecule has 0 saturated carbocycles. The van der Waals surface area contributed by atoms with E-state index in [9.17, 15) is 9.59 Å². The lowest BCUT2D eigenvalue weighted by Crippen LogP contribution is -2.37. The van der Waals surface area contributed by atoms with E-state index in [1.54, 1.807) is 4.68 Å². The van der Waals surface area contributed by atoms with Crippen LogP contribution in [0.25, 0.3) is 0 Å². The summed E-state index contributed by atoms with van der Waals surface area (Å²) in [5, 5.41) is 7.16. The number of aromatic nitrogens is 3.